The molecule has 0 aromatic carbocycles. The van der Waals surface area contributed by atoms with Gasteiger partial charge in [-0.2, -0.15) is 0 Å². The maximum atomic E-state index is 10.7. The predicted octanol–water partition coefficient (Wildman–Crippen LogP) is 1.54. The molecule has 0 fully saturated rings. The van der Waals surface area contributed by atoms with Crippen LogP contribution in [0.1, 0.15) is 18.9 Å². The van der Waals surface area contributed by atoms with Crippen LogP contribution in [0.15, 0.2) is 24.0 Å². The number of nitrogen functional groups attached to an aromatic ring is 1. The van der Waals surface area contributed by atoms with Crippen molar-refractivity contribution >= 4 is 17.7 Å². The first-order chi connectivity index (χ1) is 6.65. The summed E-state index contributed by atoms with van der Waals surface area (Å²) in [5, 5.41) is 8.80. The zero-order valence-corrected chi connectivity index (χ0v) is 7.90. The van der Waals surface area contributed by atoms with E-state index in [2.05, 4.69) is 4.98 Å². The molecule has 3 N–H and O–H groups in total. The molecule has 0 aliphatic rings. The first kappa shape index (κ1) is 10.2. The zero-order chi connectivity index (χ0) is 10.6. The molecule has 74 valence electrons. The number of aromatic nitrogens is 1. The fourth-order valence-corrected chi connectivity index (χ4v) is 1.05. The SMILES string of the molecule is CCC(=Cc1ccncc1N)C(=O)O. The lowest BCUT2D eigenvalue weighted by Gasteiger charge is -2.01. The van der Waals surface area contributed by atoms with Crippen molar-refractivity contribution in [1.29, 1.82) is 0 Å². The van der Waals surface area contributed by atoms with Crippen molar-refractivity contribution in [3.05, 3.63) is 29.6 Å². The number of aliphatic carboxylic acids is 1. The van der Waals surface area contributed by atoms with Crippen LogP contribution < -0.4 is 5.73 Å². The van der Waals surface area contributed by atoms with E-state index < -0.39 is 5.97 Å². The molecule has 0 amide bonds. The molecule has 0 radical (unpaired) electrons. The second kappa shape index (κ2) is 4.41. The highest BCUT2D eigenvalue weighted by Crippen LogP contribution is 2.15. The minimum atomic E-state index is -0.913. The van der Waals surface area contributed by atoms with Crippen LogP contribution in [0.25, 0.3) is 6.08 Å². The van der Waals surface area contributed by atoms with E-state index >= 15 is 0 Å². The molecule has 0 spiro atoms. The van der Waals surface area contributed by atoms with Crippen LogP contribution in [0, 0.1) is 0 Å². The van der Waals surface area contributed by atoms with Gasteiger partial charge in [0.25, 0.3) is 0 Å². The minimum absolute atomic E-state index is 0.336. The van der Waals surface area contributed by atoms with Crippen molar-refractivity contribution in [2.24, 2.45) is 0 Å². The zero-order valence-electron chi connectivity index (χ0n) is 7.90. The number of anilines is 1. The van der Waals surface area contributed by atoms with Crippen molar-refractivity contribution in [1.82, 2.24) is 4.98 Å². The van der Waals surface area contributed by atoms with E-state index in [1.807, 2.05) is 0 Å². The van der Waals surface area contributed by atoms with Crippen LogP contribution >= 0.6 is 0 Å². The molecule has 0 saturated heterocycles. The van der Waals surface area contributed by atoms with E-state index in [4.69, 9.17) is 10.8 Å². The minimum Gasteiger partial charge on any atom is -0.478 e. The van der Waals surface area contributed by atoms with Gasteiger partial charge >= 0.3 is 5.97 Å². The largest absolute Gasteiger partial charge is 0.478 e. The lowest BCUT2D eigenvalue weighted by Crippen LogP contribution is -1.99. The van der Waals surface area contributed by atoms with Gasteiger partial charge in [0, 0.05) is 17.3 Å². The first-order valence-corrected chi connectivity index (χ1v) is 4.28. The third kappa shape index (κ3) is 2.32. The standard InChI is InChI=1S/C10H12N2O2/c1-2-7(10(13)14)5-8-3-4-12-6-9(8)11/h3-6H,2,11H2,1H3,(H,13,14). The van der Waals surface area contributed by atoms with Gasteiger partial charge in [0.05, 0.1) is 11.9 Å². The summed E-state index contributed by atoms with van der Waals surface area (Å²) >= 11 is 0. The number of hydrogen-bond donors (Lipinski definition) is 2. The molecule has 0 unspecified atom stereocenters. The fraction of sp³-hybridized carbons (Fsp3) is 0.200. The summed E-state index contributed by atoms with van der Waals surface area (Å²) in [7, 11) is 0. The van der Waals surface area contributed by atoms with Crippen LogP contribution in [0.2, 0.25) is 0 Å². The van der Waals surface area contributed by atoms with E-state index in [1.165, 1.54) is 6.20 Å². The maximum absolute atomic E-state index is 10.7. The molecule has 4 nitrogen and oxygen atoms in total. The summed E-state index contributed by atoms with van der Waals surface area (Å²) in [6.45, 7) is 1.79. The Kier molecular flexibility index (Phi) is 3.23. The average molecular weight is 192 g/mol. The highest BCUT2D eigenvalue weighted by Gasteiger charge is 2.05. The fourth-order valence-electron chi connectivity index (χ4n) is 1.05. The molecule has 0 saturated carbocycles. The number of carbonyl (C=O) groups is 1. The van der Waals surface area contributed by atoms with E-state index in [-0.39, 0.29) is 0 Å². The summed E-state index contributed by atoms with van der Waals surface area (Å²) in [6.07, 6.45) is 5.12. The monoisotopic (exact) mass is 192 g/mol. The summed E-state index contributed by atoms with van der Waals surface area (Å²) in [5.41, 5.74) is 7.14. The molecule has 4 heteroatoms. The Morgan fingerprint density at radius 2 is 2.43 bits per heavy atom. The van der Waals surface area contributed by atoms with Crippen molar-refractivity contribution in [2.75, 3.05) is 5.73 Å². The quantitative estimate of drug-likeness (QED) is 0.712. The van der Waals surface area contributed by atoms with Gasteiger partial charge in [0.1, 0.15) is 0 Å². The van der Waals surface area contributed by atoms with Crippen LogP contribution in [0.3, 0.4) is 0 Å². The number of rotatable bonds is 3. The van der Waals surface area contributed by atoms with Gasteiger partial charge in [-0.15, -0.1) is 0 Å². The Balaban J connectivity index is 3.07. The molecule has 0 aliphatic carbocycles. The Hall–Kier alpha value is -1.84. The van der Waals surface area contributed by atoms with E-state index in [9.17, 15) is 4.79 Å². The number of hydrogen-bond acceptors (Lipinski definition) is 3. The molecule has 1 heterocycles. The van der Waals surface area contributed by atoms with E-state index in [0.717, 1.165) is 0 Å². The normalized spacial score (nSPS) is 11.4. The smallest absolute Gasteiger partial charge is 0.331 e. The predicted molar refractivity (Wildman–Crippen MR) is 54.6 cm³/mol. The molecule has 14 heavy (non-hydrogen) atoms. The van der Waals surface area contributed by atoms with Gasteiger partial charge in [-0.05, 0) is 18.6 Å². The van der Waals surface area contributed by atoms with Gasteiger partial charge < -0.3 is 10.8 Å². The van der Waals surface area contributed by atoms with E-state index in [0.29, 0.717) is 23.2 Å². The number of nitrogens with zero attached hydrogens (tertiary/aromatic N) is 1. The third-order valence-corrected chi connectivity index (χ3v) is 1.87. The summed E-state index contributed by atoms with van der Waals surface area (Å²) in [5.74, 6) is -0.913. The number of carboxylic acid groups (broad SMARTS) is 1. The van der Waals surface area contributed by atoms with Crippen molar-refractivity contribution in [3.8, 4) is 0 Å². The van der Waals surface area contributed by atoms with Crippen LogP contribution in [0.5, 0.6) is 0 Å². The highest BCUT2D eigenvalue weighted by atomic mass is 16.4. The van der Waals surface area contributed by atoms with Crippen molar-refractivity contribution < 1.29 is 9.90 Å². The van der Waals surface area contributed by atoms with Crippen molar-refractivity contribution in [2.45, 2.75) is 13.3 Å². The van der Waals surface area contributed by atoms with Gasteiger partial charge in [-0.1, -0.05) is 6.92 Å². The Morgan fingerprint density at radius 1 is 1.71 bits per heavy atom. The Labute approximate surface area is 82.1 Å². The lowest BCUT2D eigenvalue weighted by atomic mass is 10.1. The van der Waals surface area contributed by atoms with Gasteiger partial charge in [0.2, 0.25) is 0 Å². The first-order valence-electron chi connectivity index (χ1n) is 4.28. The summed E-state index contributed by atoms with van der Waals surface area (Å²) in [4.78, 5) is 14.5. The lowest BCUT2D eigenvalue weighted by molar-refractivity contribution is -0.132. The maximum Gasteiger partial charge on any atom is 0.331 e. The molecule has 0 aliphatic heterocycles. The van der Waals surface area contributed by atoms with Crippen LogP contribution in [0.4, 0.5) is 5.69 Å². The van der Waals surface area contributed by atoms with Crippen LogP contribution in [-0.2, 0) is 4.79 Å². The molecule has 0 atom stereocenters. The molecule has 1 aromatic heterocycles. The number of pyridine rings is 1. The molecule has 1 rings (SSSR count). The van der Waals surface area contributed by atoms with E-state index in [1.54, 1.807) is 25.3 Å². The highest BCUT2D eigenvalue weighted by molar-refractivity contribution is 5.92. The second-order valence-corrected chi connectivity index (χ2v) is 2.83. The molecular formula is C10H12N2O2. The molecular weight excluding hydrogens is 180 g/mol. The molecule has 0 bridgehead atoms. The summed E-state index contributed by atoms with van der Waals surface area (Å²) in [6, 6.07) is 1.69. The Bertz CT molecular complexity index is 372. The van der Waals surface area contributed by atoms with Gasteiger partial charge in [-0.3, -0.25) is 4.98 Å². The number of nitrogens with two attached hydrogens (primary N) is 1. The van der Waals surface area contributed by atoms with Crippen LogP contribution in [-0.4, -0.2) is 16.1 Å². The summed E-state index contributed by atoms with van der Waals surface area (Å²) < 4.78 is 0. The Morgan fingerprint density at radius 3 is 2.93 bits per heavy atom. The second-order valence-electron chi connectivity index (χ2n) is 2.83. The third-order valence-electron chi connectivity index (χ3n) is 1.87. The van der Waals surface area contributed by atoms with Crippen molar-refractivity contribution in [3.63, 3.8) is 0 Å². The van der Waals surface area contributed by atoms with Gasteiger partial charge in [0.15, 0.2) is 0 Å². The number of carboxylic acids is 1. The van der Waals surface area contributed by atoms with Gasteiger partial charge in [-0.25, -0.2) is 4.79 Å². The molecule has 1 aromatic rings. The average Bonchev–Trinajstić information content (AvgIpc) is 2.16. The topological polar surface area (TPSA) is 76.2 Å².